The van der Waals surface area contributed by atoms with E-state index in [4.69, 9.17) is 11.6 Å². The van der Waals surface area contributed by atoms with Crippen molar-refractivity contribution in [1.29, 1.82) is 0 Å². The van der Waals surface area contributed by atoms with Crippen molar-refractivity contribution in [2.45, 2.75) is 19.3 Å². The summed E-state index contributed by atoms with van der Waals surface area (Å²) in [7, 11) is 0. The monoisotopic (exact) mass is 241 g/mol. The van der Waals surface area contributed by atoms with Gasteiger partial charge >= 0.3 is 0 Å². The number of hydrogen-bond donors (Lipinski definition) is 0. The summed E-state index contributed by atoms with van der Waals surface area (Å²) in [5, 5.41) is -0.0712. The van der Waals surface area contributed by atoms with E-state index in [0.717, 1.165) is 32.4 Å². The second-order valence-electron chi connectivity index (χ2n) is 3.95. The van der Waals surface area contributed by atoms with Gasteiger partial charge < -0.3 is 4.90 Å². The second-order valence-corrected chi connectivity index (χ2v) is 4.33. The highest BCUT2D eigenvalue weighted by molar-refractivity contribution is 6.34. The largest absolute Gasteiger partial charge is 0.339 e. The SMILES string of the molecule is O=C(c1cccc(F)c1Cl)N1CCCCC1. The van der Waals surface area contributed by atoms with Crippen molar-refractivity contribution in [3.8, 4) is 0 Å². The molecule has 0 N–H and O–H groups in total. The molecule has 0 atom stereocenters. The van der Waals surface area contributed by atoms with Crippen LogP contribution >= 0.6 is 11.6 Å². The molecular weight excluding hydrogens is 229 g/mol. The molecule has 0 saturated carbocycles. The Kier molecular flexibility index (Phi) is 3.44. The summed E-state index contributed by atoms with van der Waals surface area (Å²) in [6.07, 6.45) is 3.18. The van der Waals surface area contributed by atoms with Crippen LogP contribution in [0.2, 0.25) is 5.02 Å². The highest BCUT2D eigenvalue weighted by Crippen LogP contribution is 2.22. The van der Waals surface area contributed by atoms with Crippen LogP contribution in [0, 0.1) is 5.82 Å². The molecular formula is C12H13ClFNO. The van der Waals surface area contributed by atoms with Crippen LogP contribution in [0.1, 0.15) is 29.6 Å². The highest BCUT2D eigenvalue weighted by Gasteiger charge is 2.21. The molecule has 1 fully saturated rings. The summed E-state index contributed by atoms with van der Waals surface area (Å²) in [5.74, 6) is -0.700. The number of hydrogen-bond acceptors (Lipinski definition) is 1. The van der Waals surface area contributed by atoms with E-state index in [-0.39, 0.29) is 16.5 Å². The van der Waals surface area contributed by atoms with Gasteiger partial charge in [-0.05, 0) is 31.4 Å². The molecule has 1 heterocycles. The minimum atomic E-state index is -0.537. The quantitative estimate of drug-likeness (QED) is 0.740. The van der Waals surface area contributed by atoms with Crippen LogP contribution in [0.5, 0.6) is 0 Å². The summed E-state index contributed by atoms with van der Waals surface area (Å²) in [5.41, 5.74) is 0.267. The summed E-state index contributed by atoms with van der Waals surface area (Å²) < 4.78 is 13.2. The van der Waals surface area contributed by atoms with Crippen LogP contribution in [0.4, 0.5) is 4.39 Å². The van der Waals surface area contributed by atoms with Gasteiger partial charge in [0.2, 0.25) is 0 Å². The Bertz CT molecular complexity index is 402. The average Bonchev–Trinajstić information content (AvgIpc) is 2.33. The van der Waals surface area contributed by atoms with E-state index in [1.807, 2.05) is 0 Å². The number of rotatable bonds is 1. The molecule has 2 nitrogen and oxygen atoms in total. The number of halogens is 2. The highest BCUT2D eigenvalue weighted by atomic mass is 35.5. The van der Waals surface area contributed by atoms with Gasteiger partial charge in [0.05, 0.1) is 10.6 Å². The van der Waals surface area contributed by atoms with Crippen LogP contribution in [0.3, 0.4) is 0 Å². The number of likely N-dealkylation sites (tertiary alicyclic amines) is 1. The third-order valence-corrected chi connectivity index (χ3v) is 3.21. The van der Waals surface area contributed by atoms with Gasteiger partial charge in [-0.1, -0.05) is 17.7 Å². The van der Waals surface area contributed by atoms with Crippen molar-refractivity contribution in [3.05, 3.63) is 34.6 Å². The van der Waals surface area contributed by atoms with Gasteiger partial charge in [0.15, 0.2) is 0 Å². The van der Waals surface area contributed by atoms with Crippen molar-refractivity contribution in [1.82, 2.24) is 4.90 Å². The molecule has 0 spiro atoms. The summed E-state index contributed by atoms with van der Waals surface area (Å²) >= 11 is 5.78. The third-order valence-electron chi connectivity index (χ3n) is 2.83. The number of amides is 1. The van der Waals surface area contributed by atoms with Crippen molar-refractivity contribution in [2.24, 2.45) is 0 Å². The molecule has 86 valence electrons. The molecule has 0 bridgehead atoms. The Morgan fingerprint density at radius 3 is 2.62 bits per heavy atom. The van der Waals surface area contributed by atoms with E-state index in [2.05, 4.69) is 0 Å². The maximum atomic E-state index is 13.2. The Morgan fingerprint density at radius 2 is 1.94 bits per heavy atom. The molecule has 1 aromatic carbocycles. The Balaban J connectivity index is 2.22. The Morgan fingerprint density at radius 1 is 1.25 bits per heavy atom. The fraction of sp³-hybridized carbons (Fsp3) is 0.417. The van der Waals surface area contributed by atoms with E-state index < -0.39 is 5.82 Å². The van der Waals surface area contributed by atoms with Crippen LogP contribution in [0.25, 0.3) is 0 Å². The lowest BCUT2D eigenvalue weighted by atomic mass is 10.1. The molecule has 1 aliphatic heterocycles. The Hall–Kier alpha value is -1.09. The maximum Gasteiger partial charge on any atom is 0.255 e. The predicted octanol–water partition coefficient (Wildman–Crippen LogP) is 3.11. The summed E-state index contributed by atoms with van der Waals surface area (Å²) in [4.78, 5) is 13.8. The van der Waals surface area contributed by atoms with Crippen molar-refractivity contribution in [2.75, 3.05) is 13.1 Å². The van der Waals surface area contributed by atoms with Crippen LogP contribution in [-0.4, -0.2) is 23.9 Å². The lowest BCUT2D eigenvalue weighted by molar-refractivity contribution is 0.0724. The number of carbonyl (C=O) groups is 1. The molecule has 1 aliphatic rings. The average molecular weight is 242 g/mol. The first-order valence-electron chi connectivity index (χ1n) is 5.43. The summed E-state index contributed by atoms with van der Waals surface area (Å²) in [6, 6.07) is 4.34. The zero-order valence-corrected chi connectivity index (χ0v) is 9.63. The third kappa shape index (κ3) is 2.19. The lowest BCUT2D eigenvalue weighted by Gasteiger charge is -2.27. The van der Waals surface area contributed by atoms with Gasteiger partial charge in [0.25, 0.3) is 5.91 Å². The molecule has 1 aromatic rings. The minimum absolute atomic E-state index is 0.0712. The first-order valence-corrected chi connectivity index (χ1v) is 5.81. The van der Waals surface area contributed by atoms with Crippen LogP contribution in [-0.2, 0) is 0 Å². The number of benzene rings is 1. The standard InChI is InChI=1S/C12H13ClFNO/c13-11-9(5-4-6-10(11)14)12(16)15-7-2-1-3-8-15/h4-6H,1-3,7-8H2. The van der Waals surface area contributed by atoms with Gasteiger partial charge in [0.1, 0.15) is 5.82 Å². The number of nitrogens with zero attached hydrogens (tertiary/aromatic N) is 1. The van der Waals surface area contributed by atoms with Crippen molar-refractivity contribution >= 4 is 17.5 Å². The predicted molar refractivity (Wildman–Crippen MR) is 61.2 cm³/mol. The fourth-order valence-corrected chi connectivity index (χ4v) is 2.14. The lowest BCUT2D eigenvalue weighted by Crippen LogP contribution is -2.35. The molecule has 0 aliphatic carbocycles. The Labute approximate surface area is 99.0 Å². The van der Waals surface area contributed by atoms with Gasteiger partial charge in [0, 0.05) is 13.1 Å². The molecule has 16 heavy (non-hydrogen) atoms. The molecule has 1 saturated heterocycles. The van der Waals surface area contributed by atoms with E-state index in [1.54, 1.807) is 11.0 Å². The topological polar surface area (TPSA) is 20.3 Å². The van der Waals surface area contributed by atoms with E-state index in [9.17, 15) is 9.18 Å². The zero-order valence-electron chi connectivity index (χ0n) is 8.88. The molecule has 0 aromatic heterocycles. The van der Waals surface area contributed by atoms with E-state index in [0.29, 0.717) is 0 Å². The normalized spacial score (nSPS) is 16.2. The van der Waals surface area contributed by atoms with Gasteiger partial charge in [-0.2, -0.15) is 0 Å². The van der Waals surface area contributed by atoms with Gasteiger partial charge in [-0.3, -0.25) is 4.79 Å². The zero-order chi connectivity index (χ0) is 11.5. The molecule has 1 amide bonds. The van der Waals surface area contributed by atoms with Crippen molar-refractivity contribution < 1.29 is 9.18 Å². The first kappa shape index (κ1) is 11.4. The van der Waals surface area contributed by atoms with Crippen molar-refractivity contribution in [3.63, 3.8) is 0 Å². The molecule has 4 heteroatoms. The molecule has 2 rings (SSSR count). The second kappa shape index (κ2) is 4.83. The smallest absolute Gasteiger partial charge is 0.255 e. The maximum absolute atomic E-state index is 13.2. The fourth-order valence-electron chi connectivity index (χ4n) is 1.94. The number of piperidine rings is 1. The van der Waals surface area contributed by atoms with E-state index in [1.165, 1.54) is 12.1 Å². The minimum Gasteiger partial charge on any atom is -0.339 e. The van der Waals surface area contributed by atoms with E-state index >= 15 is 0 Å². The summed E-state index contributed by atoms with van der Waals surface area (Å²) in [6.45, 7) is 1.48. The van der Waals surface area contributed by atoms with Crippen LogP contribution in [0.15, 0.2) is 18.2 Å². The molecule has 0 radical (unpaired) electrons. The molecule has 0 unspecified atom stereocenters. The first-order chi connectivity index (χ1) is 7.70. The van der Waals surface area contributed by atoms with Crippen LogP contribution < -0.4 is 0 Å². The van der Waals surface area contributed by atoms with Gasteiger partial charge in [-0.15, -0.1) is 0 Å². The van der Waals surface area contributed by atoms with Gasteiger partial charge in [-0.25, -0.2) is 4.39 Å². The number of carbonyl (C=O) groups excluding carboxylic acids is 1.